The average molecular weight is 290 g/mol. The lowest BCUT2D eigenvalue weighted by Crippen LogP contribution is -2.13. The van der Waals surface area contributed by atoms with Gasteiger partial charge in [-0.05, 0) is 30.3 Å². The monoisotopic (exact) mass is 290 g/mol. The van der Waals surface area contributed by atoms with Crippen molar-refractivity contribution in [1.29, 1.82) is 0 Å². The second kappa shape index (κ2) is 7.71. The molecule has 0 unspecified atom stereocenters. The molecule has 21 heavy (non-hydrogen) atoms. The molecule has 0 aliphatic carbocycles. The summed E-state index contributed by atoms with van der Waals surface area (Å²) in [6.07, 6.45) is 1.55. The molecule has 0 amide bonds. The molecule has 1 aromatic heterocycles. The van der Waals surface area contributed by atoms with Crippen LogP contribution in [0.25, 0.3) is 0 Å². The smallest absolute Gasteiger partial charge is 0.256 e. The van der Waals surface area contributed by atoms with Crippen LogP contribution >= 0.6 is 0 Å². The van der Waals surface area contributed by atoms with Gasteiger partial charge >= 0.3 is 0 Å². The second-order valence-corrected chi connectivity index (χ2v) is 4.55. The number of ether oxygens (including phenoxy) is 2. The molecule has 1 heterocycles. The standard InChI is InChI=1S/C16H19FN2O2/c1-3-18-10-13-7-8-19-16(15(13)17)21-14-6-4-5-12(9-14)11-20-2/h4-9,18H,3,10-11H2,1-2H3. The summed E-state index contributed by atoms with van der Waals surface area (Å²) in [5.74, 6) is 0.0899. The van der Waals surface area contributed by atoms with Gasteiger partial charge in [-0.3, -0.25) is 0 Å². The Kier molecular flexibility index (Phi) is 5.66. The van der Waals surface area contributed by atoms with Crippen molar-refractivity contribution in [2.45, 2.75) is 20.1 Å². The van der Waals surface area contributed by atoms with E-state index in [0.717, 1.165) is 12.1 Å². The van der Waals surface area contributed by atoms with Crippen LogP contribution in [0.4, 0.5) is 4.39 Å². The predicted octanol–water partition coefficient (Wildman–Crippen LogP) is 3.27. The van der Waals surface area contributed by atoms with Gasteiger partial charge in [0.1, 0.15) is 5.75 Å². The van der Waals surface area contributed by atoms with Crippen molar-refractivity contribution in [3.63, 3.8) is 0 Å². The van der Waals surface area contributed by atoms with Gasteiger partial charge in [0.05, 0.1) is 6.61 Å². The van der Waals surface area contributed by atoms with Crippen molar-refractivity contribution < 1.29 is 13.9 Å². The Morgan fingerprint density at radius 2 is 2.14 bits per heavy atom. The van der Waals surface area contributed by atoms with E-state index in [2.05, 4.69) is 10.3 Å². The van der Waals surface area contributed by atoms with Crippen molar-refractivity contribution >= 4 is 0 Å². The number of benzene rings is 1. The van der Waals surface area contributed by atoms with Crippen LogP contribution in [0.3, 0.4) is 0 Å². The minimum atomic E-state index is -0.435. The highest BCUT2D eigenvalue weighted by atomic mass is 19.1. The Morgan fingerprint density at radius 3 is 2.90 bits per heavy atom. The normalized spacial score (nSPS) is 10.6. The first-order valence-electron chi connectivity index (χ1n) is 6.84. The van der Waals surface area contributed by atoms with Gasteiger partial charge in [0.15, 0.2) is 5.82 Å². The maximum atomic E-state index is 14.3. The van der Waals surface area contributed by atoms with Crippen molar-refractivity contribution in [3.8, 4) is 11.6 Å². The SMILES string of the molecule is CCNCc1ccnc(Oc2cccc(COC)c2)c1F. The molecule has 0 saturated carbocycles. The van der Waals surface area contributed by atoms with Crippen LogP contribution in [0, 0.1) is 5.82 Å². The van der Waals surface area contributed by atoms with Crippen LogP contribution in [0.5, 0.6) is 11.6 Å². The molecule has 0 aliphatic rings. The van der Waals surface area contributed by atoms with Crippen LogP contribution in [0.15, 0.2) is 36.5 Å². The third-order valence-corrected chi connectivity index (χ3v) is 2.93. The van der Waals surface area contributed by atoms with Crippen LogP contribution in [-0.4, -0.2) is 18.6 Å². The zero-order valence-electron chi connectivity index (χ0n) is 12.2. The minimum absolute atomic E-state index is 0.0139. The van der Waals surface area contributed by atoms with Crippen molar-refractivity contribution in [2.75, 3.05) is 13.7 Å². The molecular formula is C16H19FN2O2. The van der Waals surface area contributed by atoms with E-state index in [1.165, 1.54) is 0 Å². The fourth-order valence-corrected chi connectivity index (χ4v) is 1.91. The van der Waals surface area contributed by atoms with Crippen molar-refractivity contribution in [2.24, 2.45) is 0 Å². The van der Waals surface area contributed by atoms with E-state index < -0.39 is 5.82 Å². The summed E-state index contributed by atoms with van der Waals surface area (Å²) < 4.78 is 24.9. The molecule has 0 atom stereocenters. The van der Waals surface area contributed by atoms with Gasteiger partial charge < -0.3 is 14.8 Å². The number of hydrogen-bond donors (Lipinski definition) is 1. The van der Waals surface area contributed by atoms with Crippen LogP contribution in [-0.2, 0) is 17.9 Å². The fraction of sp³-hybridized carbons (Fsp3) is 0.312. The molecular weight excluding hydrogens is 271 g/mol. The molecule has 0 spiro atoms. The van der Waals surface area contributed by atoms with Gasteiger partial charge in [0.25, 0.3) is 5.88 Å². The number of nitrogens with zero attached hydrogens (tertiary/aromatic N) is 1. The highest BCUT2D eigenvalue weighted by molar-refractivity contribution is 5.33. The van der Waals surface area contributed by atoms with E-state index in [-0.39, 0.29) is 5.88 Å². The van der Waals surface area contributed by atoms with E-state index in [4.69, 9.17) is 9.47 Å². The highest BCUT2D eigenvalue weighted by Crippen LogP contribution is 2.25. The van der Waals surface area contributed by atoms with Crippen LogP contribution in [0.2, 0.25) is 0 Å². The second-order valence-electron chi connectivity index (χ2n) is 4.55. The molecule has 0 bridgehead atoms. The molecule has 0 aliphatic heterocycles. The van der Waals surface area contributed by atoms with Crippen molar-refractivity contribution in [3.05, 3.63) is 53.5 Å². The van der Waals surface area contributed by atoms with E-state index in [1.54, 1.807) is 25.4 Å². The molecule has 5 heteroatoms. The molecule has 2 aromatic rings. The molecule has 1 N–H and O–H groups in total. The summed E-state index contributed by atoms with van der Waals surface area (Å²) >= 11 is 0. The van der Waals surface area contributed by atoms with E-state index >= 15 is 0 Å². The van der Waals surface area contributed by atoms with Gasteiger partial charge in [-0.15, -0.1) is 0 Å². The third kappa shape index (κ3) is 4.24. The van der Waals surface area contributed by atoms with Gasteiger partial charge in [0, 0.05) is 25.4 Å². The summed E-state index contributed by atoms with van der Waals surface area (Å²) in [5, 5.41) is 3.08. The van der Waals surface area contributed by atoms with Gasteiger partial charge in [-0.2, -0.15) is 0 Å². The quantitative estimate of drug-likeness (QED) is 0.850. The van der Waals surface area contributed by atoms with Crippen LogP contribution in [0.1, 0.15) is 18.1 Å². The number of pyridine rings is 1. The Labute approximate surface area is 123 Å². The first-order valence-corrected chi connectivity index (χ1v) is 6.84. The molecule has 4 nitrogen and oxygen atoms in total. The average Bonchev–Trinajstić information content (AvgIpc) is 2.49. The Bertz CT molecular complexity index is 590. The molecule has 0 radical (unpaired) electrons. The summed E-state index contributed by atoms with van der Waals surface area (Å²) in [6, 6.07) is 8.97. The number of hydrogen-bond acceptors (Lipinski definition) is 4. The predicted molar refractivity (Wildman–Crippen MR) is 78.8 cm³/mol. The van der Waals surface area contributed by atoms with Gasteiger partial charge in [-0.1, -0.05) is 19.1 Å². The number of rotatable bonds is 7. The lowest BCUT2D eigenvalue weighted by Gasteiger charge is -2.10. The molecule has 112 valence electrons. The maximum Gasteiger partial charge on any atom is 0.256 e. The number of nitrogens with one attached hydrogen (secondary N) is 1. The van der Waals surface area contributed by atoms with E-state index in [1.807, 2.05) is 25.1 Å². The minimum Gasteiger partial charge on any atom is -0.436 e. The number of aromatic nitrogens is 1. The Morgan fingerprint density at radius 1 is 1.29 bits per heavy atom. The zero-order valence-corrected chi connectivity index (χ0v) is 12.2. The van der Waals surface area contributed by atoms with E-state index in [0.29, 0.717) is 24.5 Å². The topological polar surface area (TPSA) is 43.4 Å². The van der Waals surface area contributed by atoms with Gasteiger partial charge in [-0.25, -0.2) is 9.37 Å². The Hall–Kier alpha value is -1.98. The van der Waals surface area contributed by atoms with E-state index in [9.17, 15) is 4.39 Å². The molecule has 2 rings (SSSR count). The summed E-state index contributed by atoms with van der Waals surface area (Å²) in [7, 11) is 1.62. The first-order chi connectivity index (χ1) is 10.2. The molecule has 1 aromatic carbocycles. The van der Waals surface area contributed by atoms with Gasteiger partial charge in [0.2, 0.25) is 0 Å². The first kappa shape index (κ1) is 15.4. The summed E-state index contributed by atoms with van der Waals surface area (Å²) in [5.41, 5.74) is 1.49. The third-order valence-electron chi connectivity index (χ3n) is 2.93. The molecule has 0 fully saturated rings. The van der Waals surface area contributed by atoms with Crippen LogP contribution < -0.4 is 10.1 Å². The lowest BCUT2D eigenvalue weighted by atomic mass is 10.2. The summed E-state index contributed by atoms with van der Waals surface area (Å²) in [4.78, 5) is 3.96. The largest absolute Gasteiger partial charge is 0.436 e. The van der Waals surface area contributed by atoms with Crippen molar-refractivity contribution in [1.82, 2.24) is 10.3 Å². The lowest BCUT2D eigenvalue weighted by molar-refractivity contribution is 0.184. The highest BCUT2D eigenvalue weighted by Gasteiger charge is 2.11. The zero-order chi connectivity index (χ0) is 15.1. The maximum absolute atomic E-state index is 14.3. The summed E-state index contributed by atoms with van der Waals surface area (Å²) in [6.45, 7) is 3.67. The molecule has 0 saturated heterocycles. The number of methoxy groups -OCH3 is 1. The Balaban J connectivity index is 2.17. The fourth-order valence-electron chi connectivity index (χ4n) is 1.91. The number of halogens is 1.